The Hall–Kier alpha value is -0.860. The van der Waals surface area contributed by atoms with Gasteiger partial charge in [0.2, 0.25) is 0 Å². The number of benzene rings is 1. The number of hydrogen-bond donors (Lipinski definition) is 2. The first-order valence-electron chi connectivity index (χ1n) is 11.1. The molecule has 2 aliphatic carbocycles. The Kier molecular flexibility index (Phi) is 8.22. The van der Waals surface area contributed by atoms with E-state index >= 15 is 0 Å². The van der Waals surface area contributed by atoms with Crippen molar-refractivity contribution < 1.29 is 4.74 Å². The highest BCUT2D eigenvalue weighted by molar-refractivity contribution is 14.0. The van der Waals surface area contributed by atoms with Gasteiger partial charge in [-0.2, -0.15) is 0 Å². The van der Waals surface area contributed by atoms with Crippen molar-refractivity contribution in [3.8, 4) is 0 Å². The van der Waals surface area contributed by atoms with Crippen LogP contribution in [0.1, 0.15) is 56.6 Å². The van der Waals surface area contributed by atoms with Gasteiger partial charge in [0.05, 0.1) is 6.10 Å². The van der Waals surface area contributed by atoms with Gasteiger partial charge in [0.1, 0.15) is 0 Å². The molecule has 5 nitrogen and oxygen atoms in total. The molecule has 1 saturated heterocycles. The van der Waals surface area contributed by atoms with Crippen LogP contribution < -0.4 is 10.6 Å². The standard InChI is InChI=1S/C23H36N4O.HI/c1-3-28-21-15-20(23(21)11-6-12-23)26-22(24-2)25-16-18-7-9-19(10-8-18)17-27-13-4-5-14-27;/h7-10,20-21H,3-6,11-17H2,1-2H3,(H2,24,25,26);1H. The van der Waals surface area contributed by atoms with E-state index in [9.17, 15) is 0 Å². The van der Waals surface area contributed by atoms with Crippen molar-refractivity contribution in [1.29, 1.82) is 0 Å². The summed E-state index contributed by atoms with van der Waals surface area (Å²) in [5.41, 5.74) is 3.06. The maximum atomic E-state index is 5.97. The fraction of sp³-hybridized carbons (Fsp3) is 0.696. The number of guanidine groups is 1. The Morgan fingerprint density at radius 1 is 1.14 bits per heavy atom. The van der Waals surface area contributed by atoms with E-state index in [0.717, 1.165) is 32.1 Å². The highest BCUT2D eigenvalue weighted by Crippen LogP contribution is 2.57. The third-order valence-electron chi connectivity index (χ3n) is 7.06. The molecule has 2 unspecified atom stereocenters. The molecule has 162 valence electrons. The molecule has 1 aromatic carbocycles. The highest BCUT2D eigenvalue weighted by Gasteiger charge is 2.59. The summed E-state index contributed by atoms with van der Waals surface area (Å²) in [5, 5.41) is 7.16. The summed E-state index contributed by atoms with van der Waals surface area (Å²) in [4.78, 5) is 7.00. The number of aliphatic imine (C=N–C) groups is 1. The number of rotatable bonds is 7. The summed E-state index contributed by atoms with van der Waals surface area (Å²) >= 11 is 0. The van der Waals surface area contributed by atoms with Crippen molar-refractivity contribution in [2.24, 2.45) is 10.4 Å². The molecule has 6 heteroatoms. The van der Waals surface area contributed by atoms with Gasteiger partial charge in [-0.1, -0.05) is 30.7 Å². The quantitative estimate of drug-likeness (QED) is 0.331. The van der Waals surface area contributed by atoms with Gasteiger partial charge in [-0.05, 0) is 63.2 Å². The fourth-order valence-corrected chi connectivity index (χ4v) is 5.15. The predicted molar refractivity (Wildman–Crippen MR) is 130 cm³/mol. The molecule has 1 heterocycles. The molecular formula is C23H37IN4O. The second-order valence-corrected chi connectivity index (χ2v) is 8.69. The van der Waals surface area contributed by atoms with Gasteiger partial charge in [0.15, 0.2) is 5.96 Å². The molecule has 2 N–H and O–H groups in total. The lowest BCUT2D eigenvalue weighted by Gasteiger charge is -2.61. The van der Waals surface area contributed by atoms with E-state index in [1.54, 1.807) is 0 Å². The van der Waals surface area contributed by atoms with Crippen LogP contribution in [-0.2, 0) is 17.8 Å². The normalized spacial score (nSPS) is 25.8. The van der Waals surface area contributed by atoms with Crippen LogP contribution in [0, 0.1) is 5.41 Å². The van der Waals surface area contributed by atoms with E-state index in [2.05, 4.69) is 51.7 Å². The summed E-state index contributed by atoms with van der Waals surface area (Å²) in [6.07, 6.45) is 8.13. The van der Waals surface area contributed by atoms with E-state index in [0.29, 0.717) is 17.6 Å². The first-order valence-corrected chi connectivity index (χ1v) is 11.1. The lowest BCUT2D eigenvalue weighted by Crippen LogP contribution is -2.68. The van der Waals surface area contributed by atoms with Crippen molar-refractivity contribution in [3.63, 3.8) is 0 Å². The molecule has 1 aliphatic heterocycles. The number of halogens is 1. The predicted octanol–water partition coefficient (Wildman–Crippen LogP) is 3.91. The first-order chi connectivity index (χ1) is 13.7. The Morgan fingerprint density at radius 3 is 2.41 bits per heavy atom. The number of nitrogens with one attached hydrogen (secondary N) is 2. The second-order valence-electron chi connectivity index (χ2n) is 8.69. The summed E-state index contributed by atoms with van der Waals surface area (Å²) < 4.78 is 5.97. The molecule has 2 saturated carbocycles. The molecule has 0 amide bonds. The minimum absolute atomic E-state index is 0. The van der Waals surface area contributed by atoms with Crippen molar-refractivity contribution in [1.82, 2.24) is 15.5 Å². The zero-order chi connectivity index (χ0) is 19.4. The maximum absolute atomic E-state index is 5.97. The van der Waals surface area contributed by atoms with Gasteiger partial charge < -0.3 is 15.4 Å². The van der Waals surface area contributed by atoms with Crippen LogP contribution in [0.5, 0.6) is 0 Å². The summed E-state index contributed by atoms with van der Waals surface area (Å²) in [6, 6.07) is 9.52. The Bertz CT molecular complexity index is 668. The molecule has 1 aromatic rings. The van der Waals surface area contributed by atoms with Crippen LogP contribution in [0.3, 0.4) is 0 Å². The van der Waals surface area contributed by atoms with Gasteiger partial charge in [-0.15, -0.1) is 24.0 Å². The Labute approximate surface area is 193 Å². The number of ether oxygens (including phenoxy) is 1. The Balaban J connectivity index is 0.00000240. The topological polar surface area (TPSA) is 48.9 Å². The number of nitrogens with zero attached hydrogens (tertiary/aromatic N) is 2. The van der Waals surface area contributed by atoms with E-state index in [4.69, 9.17) is 4.74 Å². The fourth-order valence-electron chi connectivity index (χ4n) is 5.15. The van der Waals surface area contributed by atoms with Crippen LogP contribution in [0.4, 0.5) is 0 Å². The minimum atomic E-state index is 0. The molecule has 2 atom stereocenters. The third-order valence-corrected chi connectivity index (χ3v) is 7.06. The molecular weight excluding hydrogens is 475 g/mol. The highest BCUT2D eigenvalue weighted by atomic mass is 127. The minimum Gasteiger partial charge on any atom is -0.378 e. The molecule has 3 fully saturated rings. The van der Waals surface area contributed by atoms with Crippen molar-refractivity contribution >= 4 is 29.9 Å². The number of hydrogen-bond acceptors (Lipinski definition) is 3. The molecule has 0 aromatic heterocycles. The molecule has 0 bridgehead atoms. The van der Waals surface area contributed by atoms with Crippen LogP contribution in [0.15, 0.2) is 29.3 Å². The second kappa shape index (κ2) is 10.4. The smallest absolute Gasteiger partial charge is 0.191 e. The van der Waals surface area contributed by atoms with Crippen molar-refractivity contribution in [3.05, 3.63) is 35.4 Å². The van der Waals surface area contributed by atoms with Crippen LogP contribution in [0.2, 0.25) is 0 Å². The molecule has 3 aliphatic rings. The van der Waals surface area contributed by atoms with E-state index in [1.165, 1.54) is 56.3 Å². The first kappa shape index (κ1) is 22.8. The summed E-state index contributed by atoms with van der Waals surface area (Å²) in [6.45, 7) is 7.31. The number of likely N-dealkylation sites (tertiary alicyclic amines) is 1. The zero-order valence-electron chi connectivity index (χ0n) is 18.0. The van der Waals surface area contributed by atoms with E-state index < -0.39 is 0 Å². The van der Waals surface area contributed by atoms with Gasteiger partial charge >= 0.3 is 0 Å². The third kappa shape index (κ3) is 5.07. The summed E-state index contributed by atoms with van der Waals surface area (Å²) in [7, 11) is 1.86. The molecule has 0 radical (unpaired) electrons. The zero-order valence-corrected chi connectivity index (χ0v) is 20.3. The average Bonchev–Trinajstić information content (AvgIpc) is 3.16. The average molecular weight is 512 g/mol. The van der Waals surface area contributed by atoms with Crippen LogP contribution in [-0.4, -0.2) is 49.7 Å². The van der Waals surface area contributed by atoms with Crippen molar-refractivity contribution in [2.75, 3.05) is 26.7 Å². The maximum Gasteiger partial charge on any atom is 0.191 e. The SMILES string of the molecule is CCOC1CC(NC(=NC)NCc2ccc(CN3CCCC3)cc2)C12CCC2.I. The van der Waals surface area contributed by atoms with Crippen LogP contribution in [0.25, 0.3) is 0 Å². The molecule has 29 heavy (non-hydrogen) atoms. The lowest BCUT2D eigenvalue weighted by atomic mass is 9.51. The van der Waals surface area contributed by atoms with Crippen LogP contribution >= 0.6 is 24.0 Å². The van der Waals surface area contributed by atoms with Crippen molar-refractivity contribution in [2.45, 2.75) is 70.7 Å². The largest absolute Gasteiger partial charge is 0.378 e. The lowest BCUT2D eigenvalue weighted by molar-refractivity contribution is -0.168. The van der Waals surface area contributed by atoms with Gasteiger partial charge in [0.25, 0.3) is 0 Å². The molecule has 4 rings (SSSR count). The van der Waals surface area contributed by atoms with Gasteiger partial charge in [-0.25, -0.2) is 0 Å². The van der Waals surface area contributed by atoms with E-state index in [-0.39, 0.29) is 24.0 Å². The monoisotopic (exact) mass is 512 g/mol. The Morgan fingerprint density at radius 2 is 1.83 bits per heavy atom. The van der Waals surface area contributed by atoms with E-state index in [1.807, 2.05) is 7.05 Å². The van der Waals surface area contributed by atoms with Gasteiger partial charge in [-0.3, -0.25) is 9.89 Å². The van der Waals surface area contributed by atoms with Gasteiger partial charge in [0, 0.05) is 38.2 Å². The summed E-state index contributed by atoms with van der Waals surface area (Å²) in [5.74, 6) is 0.910. The molecule has 1 spiro atoms.